The number of rotatable bonds is 6. The Balaban J connectivity index is 2.81. The number of benzene rings is 1. The van der Waals surface area contributed by atoms with Crippen LogP contribution < -0.4 is 5.32 Å². The Morgan fingerprint density at radius 1 is 1.33 bits per heavy atom. The minimum Gasteiger partial charge on any atom is -0.310 e. The fourth-order valence-corrected chi connectivity index (χ4v) is 2.64. The highest BCUT2D eigenvalue weighted by molar-refractivity contribution is 9.10. The van der Waals surface area contributed by atoms with E-state index in [9.17, 15) is 0 Å². The van der Waals surface area contributed by atoms with E-state index in [-0.39, 0.29) is 0 Å². The normalized spacial score (nSPS) is 11.8. The van der Waals surface area contributed by atoms with Gasteiger partial charge in [-0.15, -0.1) is 11.8 Å². The first-order valence-electron chi connectivity index (χ1n) is 6.57. The van der Waals surface area contributed by atoms with E-state index in [0.29, 0.717) is 6.04 Å². The van der Waals surface area contributed by atoms with Crippen molar-refractivity contribution >= 4 is 15.9 Å². The van der Waals surface area contributed by atoms with Gasteiger partial charge in [0, 0.05) is 16.9 Å². The Labute approximate surface area is 119 Å². The molecule has 0 spiro atoms. The number of hydrogen-bond donors (Lipinski definition) is 1. The Hall–Kier alpha value is -0.780. The first-order valence-corrected chi connectivity index (χ1v) is 7.36. The largest absolute Gasteiger partial charge is 0.310 e. The van der Waals surface area contributed by atoms with Crippen molar-refractivity contribution in [1.82, 2.24) is 5.32 Å². The molecule has 0 fully saturated rings. The van der Waals surface area contributed by atoms with E-state index in [2.05, 4.69) is 65.1 Å². The van der Waals surface area contributed by atoms with Crippen molar-refractivity contribution in [2.75, 3.05) is 6.54 Å². The van der Waals surface area contributed by atoms with Gasteiger partial charge in [-0.2, -0.15) is 0 Å². The van der Waals surface area contributed by atoms with Gasteiger partial charge in [-0.1, -0.05) is 28.9 Å². The molecular formula is C16H22BrN. The summed E-state index contributed by atoms with van der Waals surface area (Å²) in [6.07, 6.45) is 3.17. The topological polar surface area (TPSA) is 12.0 Å². The lowest BCUT2D eigenvalue weighted by atomic mass is 10.00. The average Bonchev–Trinajstić information content (AvgIpc) is 2.32. The summed E-state index contributed by atoms with van der Waals surface area (Å²) in [4.78, 5) is 0. The quantitative estimate of drug-likeness (QED) is 0.757. The van der Waals surface area contributed by atoms with Crippen LogP contribution in [0.1, 0.15) is 50.3 Å². The van der Waals surface area contributed by atoms with Gasteiger partial charge in [0.1, 0.15) is 0 Å². The number of aryl methyl sites for hydroxylation is 1. The van der Waals surface area contributed by atoms with Gasteiger partial charge in [-0.3, -0.25) is 0 Å². The van der Waals surface area contributed by atoms with Crippen molar-refractivity contribution in [2.24, 2.45) is 0 Å². The summed E-state index contributed by atoms with van der Waals surface area (Å²) >= 11 is 3.58. The summed E-state index contributed by atoms with van der Waals surface area (Å²) in [6.45, 7) is 7.28. The first-order chi connectivity index (χ1) is 8.67. The van der Waals surface area contributed by atoms with Crippen LogP contribution in [-0.2, 0) is 0 Å². The van der Waals surface area contributed by atoms with E-state index >= 15 is 0 Å². The maximum Gasteiger partial charge on any atom is 0.0329 e. The van der Waals surface area contributed by atoms with Crippen LogP contribution in [0.15, 0.2) is 22.7 Å². The van der Waals surface area contributed by atoms with Crippen LogP contribution in [0.4, 0.5) is 0 Å². The molecule has 0 radical (unpaired) electrons. The minimum absolute atomic E-state index is 0.405. The van der Waals surface area contributed by atoms with Crippen molar-refractivity contribution < 1.29 is 0 Å². The molecule has 1 rings (SSSR count). The van der Waals surface area contributed by atoms with Crippen molar-refractivity contribution in [2.45, 2.75) is 46.1 Å². The fourth-order valence-electron chi connectivity index (χ4n) is 2.01. The van der Waals surface area contributed by atoms with E-state index in [4.69, 9.17) is 0 Å². The van der Waals surface area contributed by atoms with Crippen LogP contribution in [0, 0.1) is 18.8 Å². The second-order valence-corrected chi connectivity index (χ2v) is 5.45. The van der Waals surface area contributed by atoms with Crippen molar-refractivity contribution in [3.8, 4) is 11.8 Å². The molecule has 1 nitrogen and oxygen atoms in total. The zero-order valence-electron chi connectivity index (χ0n) is 11.5. The van der Waals surface area contributed by atoms with Crippen LogP contribution in [-0.4, -0.2) is 6.54 Å². The predicted molar refractivity (Wildman–Crippen MR) is 82.6 cm³/mol. The van der Waals surface area contributed by atoms with Gasteiger partial charge in [0.25, 0.3) is 0 Å². The van der Waals surface area contributed by atoms with Crippen LogP contribution in [0.2, 0.25) is 0 Å². The highest BCUT2D eigenvalue weighted by Gasteiger charge is 2.10. The summed E-state index contributed by atoms with van der Waals surface area (Å²) in [7, 11) is 0. The molecule has 0 aliphatic rings. The molecule has 0 aliphatic heterocycles. The van der Waals surface area contributed by atoms with Crippen molar-refractivity contribution in [1.29, 1.82) is 0 Å². The maximum atomic E-state index is 3.61. The molecule has 0 bridgehead atoms. The summed E-state index contributed by atoms with van der Waals surface area (Å²) in [6, 6.07) is 7.02. The highest BCUT2D eigenvalue weighted by Crippen LogP contribution is 2.23. The van der Waals surface area contributed by atoms with E-state index in [1.165, 1.54) is 11.1 Å². The third-order valence-corrected chi connectivity index (χ3v) is 3.30. The molecule has 0 aliphatic carbocycles. The van der Waals surface area contributed by atoms with Gasteiger partial charge in [0.15, 0.2) is 0 Å². The summed E-state index contributed by atoms with van der Waals surface area (Å²) in [5.41, 5.74) is 2.65. The lowest BCUT2D eigenvalue weighted by Gasteiger charge is -2.19. The van der Waals surface area contributed by atoms with Gasteiger partial charge in [-0.05, 0) is 56.5 Å². The summed E-state index contributed by atoms with van der Waals surface area (Å²) < 4.78 is 1.15. The van der Waals surface area contributed by atoms with Gasteiger partial charge in [-0.25, -0.2) is 0 Å². The number of halogens is 1. The molecule has 1 aromatic carbocycles. The molecule has 0 saturated carbocycles. The van der Waals surface area contributed by atoms with Crippen LogP contribution in [0.5, 0.6) is 0 Å². The van der Waals surface area contributed by atoms with Gasteiger partial charge in [0.05, 0.1) is 0 Å². The average molecular weight is 308 g/mol. The molecule has 0 heterocycles. The fraction of sp³-hybridized carbons (Fsp3) is 0.500. The third kappa shape index (κ3) is 5.25. The zero-order chi connectivity index (χ0) is 13.4. The third-order valence-electron chi connectivity index (χ3n) is 2.84. The molecule has 0 saturated heterocycles. The van der Waals surface area contributed by atoms with Crippen LogP contribution >= 0.6 is 15.9 Å². The monoisotopic (exact) mass is 307 g/mol. The second kappa shape index (κ2) is 8.34. The van der Waals surface area contributed by atoms with Crippen molar-refractivity contribution in [3.63, 3.8) is 0 Å². The van der Waals surface area contributed by atoms with E-state index in [1.807, 2.05) is 6.92 Å². The molecule has 2 heteroatoms. The van der Waals surface area contributed by atoms with Crippen molar-refractivity contribution in [3.05, 3.63) is 33.8 Å². The summed E-state index contributed by atoms with van der Waals surface area (Å²) in [5.74, 6) is 6.12. The molecule has 0 amide bonds. The Morgan fingerprint density at radius 3 is 2.72 bits per heavy atom. The number of nitrogens with one attached hydrogen (secondary N) is 1. The Bertz CT molecular complexity index is 408. The predicted octanol–water partition coefficient (Wildman–Crippen LogP) is 4.60. The smallest absolute Gasteiger partial charge is 0.0329 e. The van der Waals surface area contributed by atoms with E-state index in [0.717, 1.165) is 30.3 Å². The van der Waals surface area contributed by atoms with Gasteiger partial charge >= 0.3 is 0 Å². The lowest BCUT2D eigenvalue weighted by molar-refractivity contribution is 0.505. The minimum atomic E-state index is 0.405. The molecule has 98 valence electrons. The molecule has 18 heavy (non-hydrogen) atoms. The van der Waals surface area contributed by atoms with Gasteiger partial charge in [0.2, 0.25) is 0 Å². The second-order valence-electron chi connectivity index (χ2n) is 4.53. The Kier molecular flexibility index (Phi) is 7.08. The zero-order valence-corrected chi connectivity index (χ0v) is 13.1. The molecule has 1 aromatic rings. The van der Waals surface area contributed by atoms with Gasteiger partial charge < -0.3 is 5.32 Å². The first kappa shape index (κ1) is 15.3. The number of hydrogen-bond acceptors (Lipinski definition) is 1. The van der Waals surface area contributed by atoms with Crippen LogP contribution in [0.25, 0.3) is 0 Å². The molecular weight excluding hydrogens is 286 g/mol. The Morgan fingerprint density at radius 2 is 2.11 bits per heavy atom. The lowest BCUT2D eigenvalue weighted by Crippen LogP contribution is -2.22. The summed E-state index contributed by atoms with van der Waals surface area (Å²) in [5, 5.41) is 3.61. The molecule has 1 unspecified atom stereocenters. The maximum absolute atomic E-state index is 3.61. The van der Waals surface area contributed by atoms with E-state index in [1.54, 1.807) is 0 Å². The molecule has 1 atom stereocenters. The highest BCUT2D eigenvalue weighted by atomic mass is 79.9. The SMILES string of the molecule is CC#CCCC(NCCC)c1cc(C)cc(Br)c1. The molecule has 1 N–H and O–H groups in total. The standard InChI is InChI=1S/C16H22BrN/c1-4-6-7-8-16(18-9-5-2)14-10-13(3)11-15(17)12-14/h10-12,16,18H,5,7-9H2,1-3H3. The molecule has 0 aromatic heterocycles. The van der Waals surface area contributed by atoms with E-state index < -0.39 is 0 Å². The van der Waals surface area contributed by atoms with Crippen LogP contribution in [0.3, 0.4) is 0 Å².